The van der Waals surface area contributed by atoms with E-state index in [2.05, 4.69) is 9.88 Å². The van der Waals surface area contributed by atoms with Crippen molar-refractivity contribution in [2.24, 2.45) is 11.7 Å². The molecule has 6 heteroatoms. The van der Waals surface area contributed by atoms with Gasteiger partial charge < -0.3 is 20.7 Å². The topological polar surface area (TPSA) is 91.8 Å². The van der Waals surface area contributed by atoms with Crippen LogP contribution in [0.2, 0.25) is 0 Å². The van der Waals surface area contributed by atoms with Gasteiger partial charge in [0, 0.05) is 25.2 Å². The first-order chi connectivity index (χ1) is 10.0. The summed E-state index contributed by atoms with van der Waals surface area (Å²) in [5, 5.41) is 19.9. The predicted octanol–water partition coefficient (Wildman–Crippen LogP) is 0.642. The lowest BCUT2D eigenvalue weighted by molar-refractivity contribution is 0.116. The fraction of sp³-hybridized carbons (Fsp3) is 0.667. The van der Waals surface area contributed by atoms with Crippen LogP contribution in [0.1, 0.15) is 31.1 Å². The van der Waals surface area contributed by atoms with Gasteiger partial charge in [0.1, 0.15) is 6.10 Å². The second kappa shape index (κ2) is 5.44. The number of aliphatic hydroxyl groups excluding tert-OH is 1. The number of rotatable bonds is 4. The van der Waals surface area contributed by atoms with Gasteiger partial charge in [-0.15, -0.1) is 0 Å². The third kappa shape index (κ3) is 2.71. The Morgan fingerprint density at radius 2 is 2.38 bits per heavy atom. The largest absolute Gasteiger partial charge is 0.503 e. The van der Waals surface area contributed by atoms with Crippen LogP contribution in [-0.4, -0.2) is 52.4 Å². The quantitative estimate of drug-likeness (QED) is 0.754. The number of aromatic nitrogens is 1. The van der Waals surface area contributed by atoms with Crippen molar-refractivity contribution in [3.05, 3.63) is 17.8 Å². The highest BCUT2D eigenvalue weighted by Crippen LogP contribution is 2.40. The molecule has 0 amide bonds. The summed E-state index contributed by atoms with van der Waals surface area (Å²) in [4.78, 5) is 6.36. The van der Waals surface area contributed by atoms with E-state index in [-0.39, 0.29) is 17.2 Å². The third-order valence-electron chi connectivity index (χ3n) is 4.83. The molecule has 3 atom stereocenters. The van der Waals surface area contributed by atoms with Gasteiger partial charge in [-0.2, -0.15) is 0 Å². The third-order valence-corrected chi connectivity index (χ3v) is 4.83. The maximum absolute atomic E-state index is 10.4. The fourth-order valence-corrected chi connectivity index (χ4v) is 3.70. The number of hydrogen-bond donors (Lipinski definition) is 3. The first kappa shape index (κ1) is 14.6. The van der Waals surface area contributed by atoms with Crippen LogP contribution in [0.25, 0.3) is 0 Å². The Morgan fingerprint density at radius 1 is 1.57 bits per heavy atom. The van der Waals surface area contributed by atoms with E-state index in [0.717, 1.165) is 19.5 Å². The molecule has 4 N–H and O–H groups in total. The fourth-order valence-electron chi connectivity index (χ4n) is 3.70. The average molecular weight is 293 g/mol. The molecule has 1 saturated carbocycles. The molecule has 0 unspecified atom stereocenters. The van der Waals surface area contributed by atoms with Crippen molar-refractivity contribution in [3.63, 3.8) is 0 Å². The molecule has 1 aliphatic heterocycles. The summed E-state index contributed by atoms with van der Waals surface area (Å²) in [7, 11) is 1.44. The lowest BCUT2D eigenvalue weighted by Crippen LogP contribution is -2.44. The van der Waals surface area contributed by atoms with Crippen molar-refractivity contribution in [1.82, 2.24) is 9.88 Å². The highest BCUT2D eigenvalue weighted by Gasteiger charge is 2.46. The Labute approximate surface area is 124 Å². The van der Waals surface area contributed by atoms with Gasteiger partial charge in [-0.25, -0.2) is 4.98 Å². The number of pyridine rings is 1. The number of aliphatic hydroxyl groups is 1. The predicted molar refractivity (Wildman–Crippen MR) is 78.1 cm³/mol. The van der Waals surface area contributed by atoms with Gasteiger partial charge in [0.25, 0.3) is 5.88 Å². The lowest BCUT2D eigenvalue weighted by Gasteiger charge is -2.24. The Balaban J connectivity index is 1.66. The molecule has 0 bridgehead atoms. The maximum atomic E-state index is 10.4. The Bertz CT molecular complexity index is 525. The average Bonchev–Trinajstić information content (AvgIpc) is 2.93. The van der Waals surface area contributed by atoms with E-state index in [0.29, 0.717) is 18.2 Å². The Morgan fingerprint density at radius 3 is 3.10 bits per heavy atom. The monoisotopic (exact) mass is 293 g/mol. The molecule has 1 aromatic heterocycles. The standard InChI is InChI=1S/C15H23N3O3/c1-21-14-12(19)5-4-11(17-14)13(20)8-18-7-10-3-2-6-15(10,16)9-18/h4-5,10,13,19-20H,2-3,6-9,16H2,1H3/t10-,13+,15-/m1/s1. The second-order valence-corrected chi connectivity index (χ2v) is 6.30. The van der Waals surface area contributed by atoms with Crippen molar-refractivity contribution < 1.29 is 14.9 Å². The number of methoxy groups -OCH3 is 1. The number of likely N-dealkylation sites (tertiary alicyclic amines) is 1. The Kier molecular flexibility index (Phi) is 3.77. The lowest BCUT2D eigenvalue weighted by atomic mass is 9.92. The van der Waals surface area contributed by atoms with Gasteiger partial charge in [0.15, 0.2) is 5.75 Å². The molecule has 2 fully saturated rings. The van der Waals surface area contributed by atoms with E-state index in [9.17, 15) is 10.2 Å². The van der Waals surface area contributed by atoms with Crippen LogP contribution in [-0.2, 0) is 0 Å². The molecule has 1 aliphatic carbocycles. The summed E-state index contributed by atoms with van der Waals surface area (Å²) in [6.45, 7) is 2.29. The first-order valence-corrected chi connectivity index (χ1v) is 7.45. The van der Waals surface area contributed by atoms with Crippen LogP contribution in [0.4, 0.5) is 0 Å². The van der Waals surface area contributed by atoms with Gasteiger partial charge in [0.2, 0.25) is 0 Å². The molecule has 116 valence electrons. The molecule has 3 rings (SSSR count). The number of β-amino-alcohol motifs (C(OH)–C–C–N with tert-alkyl or cyclic N) is 1. The van der Waals surface area contributed by atoms with Gasteiger partial charge in [0.05, 0.1) is 12.8 Å². The van der Waals surface area contributed by atoms with E-state index >= 15 is 0 Å². The minimum atomic E-state index is -0.707. The molecule has 1 aromatic rings. The molecule has 2 heterocycles. The number of nitrogens with two attached hydrogens (primary N) is 1. The normalized spacial score (nSPS) is 30.3. The van der Waals surface area contributed by atoms with Crippen LogP contribution in [0.3, 0.4) is 0 Å². The SMILES string of the molecule is COc1nc([C@@H](O)CN2C[C@H]3CCC[C@@]3(N)C2)ccc1O. The van der Waals surface area contributed by atoms with E-state index in [1.807, 2.05) is 0 Å². The molecule has 2 aliphatic rings. The van der Waals surface area contributed by atoms with E-state index in [1.54, 1.807) is 6.07 Å². The van der Waals surface area contributed by atoms with Gasteiger partial charge in [-0.1, -0.05) is 6.42 Å². The van der Waals surface area contributed by atoms with E-state index in [1.165, 1.54) is 26.0 Å². The van der Waals surface area contributed by atoms with Crippen LogP contribution in [0, 0.1) is 5.92 Å². The first-order valence-electron chi connectivity index (χ1n) is 7.45. The number of hydrogen-bond acceptors (Lipinski definition) is 6. The van der Waals surface area contributed by atoms with Gasteiger partial charge >= 0.3 is 0 Å². The van der Waals surface area contributed by atoms with Crippen LogP contribution < -0.4 is 10.5 Å². The summed E-state index contributed by atoms with van der Waals surface area (Å²) in [6, 6.07) is 3.12. The molecule has 0 aromatic carbocycles. The van der Waals surface area contributed by atoms with Crippen molar-refractivity contribution in [2.75, 3.05) is 26.7 Å². The maximum Gasteiger partial charge on any atom is 0.256 e. The minimum absolute atomic E-state index is 0.0231. The summed E-state index contributed by atoms with van der Waals surface area (Å²) in [5.74, 6) is 0.664. The van der Waals surface area contributed by atoms with Crippen molar-refractivity contribution >= 4 is 0 Å². The van der Waals surface area contributed by atoms with E-state index < -0.39 is 6.10 Å². The highest BCUT2D eigenvalue weighted by molar-refractivity contribution is 5.33. The summed E-state index contributed by atoms with van der Waals surface area (Å²) >= 11 is 0. The molecule has 6 nitrogen and oxygen atoms in total. The zero-order valence-electron chi connectivity index (χ0n) is 12.3. The Hall–Kier alpha value is -1.37. The summed E-state index contributed by atoms with van der Waals surface area (Å²) in [6.07, 6.45) is 2.78. The zero-order chi connectivity index (χ0) is 15.0. The minimum Gasteiger partial charge on any atom is -0.503 e. The van der Waals surface area contributed by atoms with Crippen LogP contribution >= 0.6 is 0 Å². The summed E-state index contributed by atoms with van der Waals surface area (Å²) in [5.41, 5.74) is 6.88. The van der Waals surface area contributed by atoms with Gasteiger partial charge in [-0.05, 0) is 30.9 Å². The number of nitrogens with zero attached hydrogens (tertiary/aromatic N) is 2. The summed E-state index contributed by atoms with van der Waals surface area (Å²) < 4.78 is 4.98. The number of fused-ring (bicyclic) bond motifs is 1. The molecule has 1 saturated heterocycles. The second-order valence-electron chi connectivity index (χ2n) is 6.30. The molecular formula is C15H23N3O3. The smallest absolute Gasteiger partial charge is 0.256 e. The number of aromatic hydroxyl groups is 1. The van der Waals surface area contributed by atoms with Crippen LogP contribution in [0.15, 0.2) is 12.1 Å². The van der Waals surface area contributed by atoms with Crippen molar-refractivity contribution in [2.45, 2.75) is 30.9 Å². The van der Waals surface area contributed by atoms with Crippen molar-refractivity contribution in [3.8, 4) is 11.6 Å². The van der Waals surface area contributed by atoms with Gasteiger partial charge in [-0.3, -0.25) is 4.90 Å². The highest BCUT2D eigenvalue weighted by atomic mass is 16.5. The number of ether oxygens (including phenoxy) is 1. The molecule has 21 heavy (non-hydrogen) atoms. The van der Waals surface area contributed by atoms with E-state index in [4.69, 9.17) is 10.5 Å². The van der Waals surface area contributed by atoms with Crippen LogP contribution in [0.5, 0.6) is 11.6 Å². The molecular weight excluding hydrogens is 270 g/mol. The molecule has 0 spiro atoms. The molecule has 0 radical (unpaired) electrons. The zero-order valence-corrected chi connectivity index (χ0v) is 12.3. The van der Waals surface area contributed by atoms with Crippen molar-refractivity contribution in [1.29, 1.82) is 0 Å².